The Morgan fingerprint density at radius 1 is 1.23 bits per heavy atom. The minimum Gasteiger partial charge on any atom is -0.314 e. The average Bonchev–Trinajstić information content (AvgIpc) is 2.53. The van der Waals surface area contributed by atoms with E-state index >= 15 is 0 Å². The molecule has 4 heteroatoms. The molecule has 1 saturated carbocycles. The molecule has 2 rings (SSSR count). The van der Waals surface area contributed by atoms with Gasteiger partial charge in [-0.05, 0) is 18.8 Å². The zero-order chi connectivity index (χ0) is 9.26. The Hall–Kier alpha value is -0.0551. The van der Waals surface area contributed by atoms with Gasteiger partial charge in [0.15, 0.2) is 0 Å². The van der Waals surface area contributed by atoms with Crippen LogP contribution in [0.5, 0.6) is 0 Å². The SMILES string of the molecule is BC1CCC([C@@H]2CC(N)NO2)CC1. The highest BCUT2D eigenvalue weighted by atomic mass is 16.7. The molecule has 2 atom stereocenters. The van der Waals surface area contributed by atoms with Gasteiger partial charge < -0.3 is 5.73 Å². The van der Waals surface area contributed by atoms with Gasteiger partial charge in [-0.15, -0.1) is 0 Å². The fourth-order valence-electron chi connectivity index (χ4n) is 2.47. The first-order valence-electron chi connectivity index (χ1n) is 5.42. The molecule has 1 aliphatic carbocycles. The standard InChI is InChI=1S/C9H19BN2O/c10-7-3-1-6(2-4-7)8-5-9(11)12-13-8/h6-9,12H,1-5,10-11H2/t6?,7?,8-,9?/m0/s1. The molecule has 13 heavy (non-hydrogen) atoms. The zero-order valence-corrected chi connectivity index (χ0v) is 8.33. The second-order valence-electron chi connectivity index (χ2n) is 4.64. The van der Waals surface area contributed by atoms with Crippen molar-refractivity contribution in [2.24, 2.45) is 11.7 Å². The summed E-state index contributed by atoms with van der Waals surface area (Å²) < 4.78 is 0. The molecule has 0 radical (unpaired) electrons. The molecule has 0 aromatic heterocycles. The molecule has 0 aromatic carbocycles. The van der Waals surface area contributed by atoms with Crippen LogP contribution in [0.25, 0.3) is 0 Å². The van der Waals surface area contributed by atoms with Crippen LogP contribution in [-0.2, 0) is 4.84 Å². The second kappa shape index (κ2) is 3.99. The monoisotopic (exact) mass is 182 g/mol. The van der Waals surface area contributed by atoms with E-state index < -0.39 is 0 Å². The van der Waals surface area contributed by atoms with E-state index in [2.05, 4.69) is 13.3 Å². The summed E-state index contributed by atoms with van der Waals surface area (Å²) in [5.74, 6) is 1.66. The van der Waals surface area contributed by atoms with E-state index in [9.17, 15) is 0 Å². The van der Waals surface area contributed by atoms with E-state index in [0.29, 0.717) is 6.10 Å². The fourth-order valence-corrected chi connectivity index (χ4v) is 2.47. The Morgan fingerprint density at radius 3 is 2.46 bits per heavy atom. The van der Waals surface area contributed by atoms with Crippen molar-refractivity contribution in [1.82, 2.24) is 5.48 Å². The summed E-state index contributed by atoms with van der Waals surface area (Å²) in [5.41, 5.74) is 8.58. The van der Waals surface area contributed by atoms with Crippen LogP contribution in [0.2, 0.25) is 5.82 Å². The van der Waals surface area contributed by atoms with Crippen LogP contribution in [0.1, 0.15) is 32.1 Å². The number of nitrogens with two attached hydrogens (primary N) is 1. The Labute approximate surface area is 80.8 Å². The van der Waals surface area contributed by atoms with Crippen LogP contribution in [-0.4, -0.2) is 20.1 Å². The van der Waals surface area contributed by atoms with Crippen molar-refractivity contribution in [3.63, 3.8) is 0 Å². The van der Waals surface area contributed by atoms with Gasteiger partial charge >= 0.3 is 0 Å². The predicted molar refractivity (Wildman–Crippen MR) is 54.9 cm³/mol. The maximum absolute atomic E-state index is 5.72. The smallest absolute Gasteiger partial charge is 0.105 e. The maximum atomic E-state index is 5.72. The molecule has 1 unspecified atom stereocenters. The van der Waals surface area contributed by atoms with Crippen LogP contribution < -0.4 is 11.2 Å². The van der Waals surface area contributed by atoms with Crippen molar-refractivity contribution in [1.29, 1.82) is 0 Å². The number of hydrogen-bond acceptors (Lipinski definition) is 3. The van der Waals surface area contributed by atoms with Crippen LogP contribution in [0.15, 0.2) is 0 Å². The molecule has 0 bridgehead atoms. The largest absolute Gasteiger partial charge is 0.314 e. The number of rotatable bonds is 1. The minimum absolute atomic E-state index is 0.0596. The van der Waals surface area contributed by atoms with Crippen LogP contribution in [0, 0.1) is 5.92 Å². The van der Waals surface area contributed by atoms with E-state index in [1.54, 1.807) is 0 Å². The van der Waals surface area contributed by atoms with Gasteiger partial charge in [-0.2, -0.15) is 5.48 Å². The lowest BCUT2D eigenvalue weighted by atomic mass is 9.70. The lowest BCUT2D eigenvalue weighted by molar-refractivity contribution is -0.0141. The molecule has 1 saturated heterocycles. The Bertz CT molecular complexity index is 171. The molecule has 3 N–H and O–H groups in total. The Kier molecular flexibility index (Phi) is 2.91. The van der Waals surface area contributed by atoms with Crippen molar-refractivity contribution in [3.8, 4) is 0 Å². The topological polar surface area (TPSA) is 47.3 Å². The van der Waals surface area contributed by atoms with Gasteiger partial charge in [-0.3, -0.25) is 4.84 Å². The Balaban J connectivity index is 1.81. The van der Waals surface area contributed by atoms with Crippen molar-refractivity contribution in [2.45, 2.75) is 50.2 Å². The lowest BCUT2D eigenvalue weighted by Crippen LogP contribution is -2.29. The van der Waals surface area contributed by atoms with Crippen LogP contribution >= 0.6 is 0 Å². The van der Waals surface area contributed by atoms with Crippen molar-refractivity contribution < 1.29 is 4.84 Å². The van der Waals surface area contributed by atoms with Gasteiger partial charge in [-0.25, -0.2) is 0 Å². The molecule has 0 spiro atoms. The normalized spacial score (nSPS) is 46.5. The third kappa shape index (κ3) is 2.24. The van der Waals surface area contributed by atoms with Crippen LogP contribution in [0.4, 0.5) is 0 Å². The summed E-state index contributed by atoms with van der Waals surface area (Å²) in [7, 11) is 2.34. The molecule has 1 heterocycles. The van der Waals surface area contributed by atoms with E-state index in [-0.39, 0.29) is 6.17 Å². The van der Waals surface area contributed by atoms with Gasteiger partial charge in [0.05, 0.1) is 12.3 Å². The van der Waals surface area contributed by atoms with Gasteiger partial charge in [0, 0.05) is 6.42 Å². The average molecular weight is 182 g/mol. The zero-order valence-electron chi connectivity index (χ0n) is 8.33. The lowest BCUT2D eigenvalue weighted by Gasteiger charge is -2.29. The van der Waals surface area contributed by atoms with E-state index in [1.165, 1.54) is 25.7 Å². The van der Waals surface area contributed by atoms with Crippen molar-refractivity contribution >= 4 is 7.85 Å². The summed E-state index contributed by atoms with van der Waals surface area (Å²) in [6, 6.07) is 0. The Morgan fingerprint density at radius 2 is 1.92 bits per heavy atom. The first kappa shape index (κ1) is 9.50. The molecule has 0 amide bonds. The van der Waals surface area contributed by atoms with Crippen LogP contribution in [0.3, 0.4) is 0 Å². The number of nitrogens with one attached hydrogen (secondary N) is 1. The summed E-state index contributed by atoms with van der Waals surface area (Å²) in [5, 5.41) is 0. The van der Waals surface area contributed by atoms with E-state index in [0.717, 1.165) is 18.2 Å². The summed E-state index contributed by atoms with van der Waals surface area (Å²) in [6.45, 7) is 0. The fraction of sp³-hybridized carbons (Fsp3) is 1.00. The molecule has 74 valence electrons. The summed E-state index contributed by atoms with van der Waals surface area (Å²) in [6.07, 6.45) is 6.78. The molecular weight excluding hydrogens is 163 g/mol. The maximum Gasteiger partial charge on any atom is 0.105 e. The van der Waals surface area contributed by atoms with Gasteiger partial charge in [0.2, 0.25) is 0 Å². The van der Waals surface area contributed by atoms with Gasteiger partial charge in [-0.1, -0.05) is 18.7 Å². The van der Waals surface area contributed by atoms with E-state index in [4.69, 9.17) is 10.6 Å². The van der Waals surface area contributed by atoms with Crippen molar-refractivity contribution in [2.75, 3.05) is 0 Å². The second-order valence-corrected chi connectivity index (χ2v) is 4.64. The van der Waals surface area contributed by atoms with Crippen molar-refractivity contribution in [3.05, 3.63) is 0 Å². The first-order valence-corrected chi connectivity index (χ1v) is 5.42. The number of hydrogen-bond donors (Lipinski definition) is 2. The number of hydroxylamine groups is 1. The highest BCUT2D eigenvalue weighted by Gasteiger charge is 2.32. The third-order valence-corrected chi connectivity index (χ3v) is 3.44. The molecule has 3 nitrogen and oxygen atoms in total. The predicted octanol–water partition coefficient (Wildman–Crippen LogP) is 0.176. The highest BCUT2D eigenvalue weighted by Crippen LogP contribution is 2.35. The molecule has 0 aromatic rings. The molecule has 1 aliphatic heterocycles. The molecule has 2 aliphatic rings. The summed E-state index contributed by atoms with van der Waals surface area (Å²) in [4.78, 5) is 5.46. The molecular formula is C9H19BN2O. The minimum atomic E-state index is 0.0596. The molecule has 2 fully saturated rings. The van der Waals surface area contributed by atoms with Gasteiger partial charge in [0.25, 0.3) is 0 Å². The van der Waals surface area contributed by atoms with E-state index in [1.807, 2.05) is 0 Å². The van der Waals surface area contributed by atoms with Gasteiger partial charge in [0.1, 0.15) is 7.85 Å². The summed E-state index contributed by atoms with van der Waals surface area (Å²) >= 11 is 0. The third-order valence-electron chi connectivity index (χ3n) is 3.44. The highest BCUT2D eigenvalue weighted by molar-refractivity contribution is 6.11. The quantitative estimate of drug-likeness (QED) is 0.568. The first-order chi connectivity index (χ1) is 6.25.